The van der Waals surface area contributed by atoms with E-state index in [0.29, 0.717) is 35.7 Å². The molecule has 2 atom stereocenters. The Balaban J connectivity index is 1.62. The first-order valence-corrected chi connectivity index (χ1v) is 8.65. The van der Waals surface area contributed by atoms with Crippen LogP contribution in [0.15, 0.2) is 29.5 Å². The fourth-order valence-electron chi connectivity index (χ4n) is 3.73. The van der Waals surface area contributed by atoms with Crippen LogP contribution in [0.1, 0.15) is 24.4 Å². The zero-order valence-electron chi connectivity index (χ0n) is 14.4. The topological polar surface area (TPSA) is 100 Å². The lowest BCUT2D eigenvalue weighted by Crippen LogP contribution is -2.44. The molecule has 0 radical (unpaired) electrons. The molecule has 1 fully saturated rings. The summed E-state index contributed by atoms with van der Waals surface area (Å²) < 4.78 is 10.8. The number of urea groups is 1. The Kier molecular flexibility index (Phi) is 4.20. The molecule has 0 saturated carbocycles. The summed E-state index contributed by atoms with van der Waals surface area (Å²) in [4.78, 5) is 26.8. The summed E-state index contributed by atoms with van der Waals surface area (Å²) in [5.41, 5.74) is 1.82. The minimum atomic E-state index is -0.588. The van der Waals surface area contributed by atoms with Crippen LogP contribution in [0, 0.1) is 0 Å². The normalized spacial score (nSPS) is 25.2. The largest absolute Gasteiger partial charge is 0.504 e. The molecule has 0 aromatic heterocycles. The minimum Gasteiger partial charge on any atom is -0.504 e. The van der Waals surface area contributed by atoms with Gasteiger partial charge in [-0.1, -0.05) is 6.07 Å². The number of methoxy groups -OCH3 is 1. The second-order valence-corrected chi connectivity index (χ2v) is 6.68. The van der Waals surface area contributed by atoms with Gasteiger partial charge in [0.15, 0.2) is 11.5 Å². The molecule has 3 aliphatic rings. The van der Waals surface area contributed by atoms with Crippen molar-refractivity contribution in [1.82, 2.24) is 15.5 Å². The Hall–Kier alpha value is -2.74. The van der Waals surface area contributed by atoms with E-state index in [4.69, 9.17) is 9.47 Å². The highest BCUT2D eigenvalue weighted by atomic mass is 16.5. The molecule has 8 nitrogen and oxygen atoms in total. The van der Waals surface area contributed by atoms with Gasteiger partial charge in [-0.3, -0.25) is 4.79 Å². The molecule has 3 amide bonds. The van der Waals surface area contributed by atoms with E-state index < -0.39 is 6.04 Å². The van der Waals surface area contributed by atoms with Gasteiger partial charge in [-0.05, 0) is 30.5 Å². The highest BCUT2D eigenvalue weighted by molar-refractivity contribution is 6.01. The van der Waals surface area contributed by atoms with Crippen LogP contribution in [0.4, 0.5) is 4.79 Å². The summed E-state index contributed by atoms with van der Waals surface area (Å²) in [6.45, 7) is 1.62. The lowest BCUT2D eigenvalue weighted by atomic mass is 9.96. The van der Waals surface area contributed by atoms with Crippen molar-refractivity contribution in [3.8, 4) is 11.5 Å². The number of phenolic OH excluding ortho intramolecular Hbond substituents is 1. The summed E-state index contributed by atoms with van der Waals surface area (Å²) in [7, 11) is 1.45. The number of nitrogens with one attached hydrogen (secondary N) is 2. The molecule has 1 saturated heterocycles. The van der Waals surface area contributed by atoms with E-state index in [9.17, 15) is 14.7 Å². The fourth-order valence-corrected chi connectivity index (χ4v) is 3.73. The Labute approximate surface area is 150 Å². The molecule has 3 heterocycles. The van der Waals surface area contributed by atoms with Gasteiger partial charge >= 0.3 is 6.03 Å². The van der Waals surface area contributed by atoms with E-state index in [2.05, 4.69) is 10.6 Å². The van der Waals surface area contributed by atoms with E-state index in [1.165, 1.54) is 13.2 Å². The van der Waals surface area contributed by atoms with Crippen molar-refractivity contribution in [3.63, 3.8) is 0 Å². The summed E-state index contributed by atoms with van der Waals surface area (Å²) in [6.07, 6.45) is 2.00. The highest BCUT2D eigenvalue weighted by Gasteiger charge is 2.41. The Bertz CT molecular complexity index is 785. The smallest absolute Gasteiger partial charge is 0.319 e. The van der Waals surface area contributed by atoms with Crippen LogP contribution in [0.25, 0.3) is 0 Å². The maximum atomic E-state index is 13.0. The maximum Gasteiger partial charge on any atom is 0.319 e. The number of carbonyl (C=O) groups excluding carboxylic acids is 2. The molecule has 0 aliphatic carbocycles. The molecule has 0 unspecified atom stereocenters. The fraction of sp³-hybridized carbons (Fsp3) is 0.444. The number of phenols is 1. The van der Waals surface area contributed by atoms with Crippen molar-refractivity contribution < 1.29 is 24.2 Å². The number of hydrogen-bond donors (Lipinski definition) is 3. The van der Waals surface area contributed by atoms with E-state index >= 15 is 0 Å². The predicted octanol–water partition coefficient (Wildman–Crippen LogP) is 1.03. The minimum absolute atomic E-state index is 0.00321. The van der Waals surface area contributed by atoms with Crippen LogP contribution in [0.2, 0.25) is 0 Å². The van der Waals surface area contributed by atoms with Crippen LogP contribution in [0.5, 0.6) is 11.5 Å². The SMILES string of the molecule is COc1cc([C@H]2NC(=O)NC3=C2C(=O)N(C[C@@H]2CCCO2)C3)ccc1O. The summed E-state index contributed by atoms with van der Waals surface area (Å²) >= 11 is 0. The van der Waals surface area contributed by atoms with Crippen LogP contribution in [-0.4, -0.2) is 54.9 Å². The van der Waals surface area contributed by atoms with E-state index in [1.807, 2.05) is 0 Å². The van der Waals surface area contributed by atoms with Gasteiger partial charge in [0.25, 0.3) is 5.91 Å². The van der Waals surface area contributed by atoms with Gasteiger partial charge in [0.05, 0.1) is 37.1 Å². The standard InChI is InChI=1S/C18H21N3O5/c1-25-14-7-10(4-5-13(14)22)16-15-12(19-18(24)20-16)9-21(17(15)23)8-11-3-2-6-26-11/h4-5,7,11,16,22H,2-3,6,8-9H2,1H3,(H2,19,20,24)/t11-,16+/m0/s1. The Morgan fingerprint density at radius 2 is 2.23 bits per heavy atom. The van der Waals surface area contributed by atoms with Gasteiger partial charge in [0.1, 0.15) is 0 Å². The molecule has 1 aromatic carbocycles. The van der Waals surface area contributed by atoms with Crippen molar-refractivity contribution >= 4 is 11.9 Å². The summed E-state index contributed by atoms with van der Waals surface area (Å²) in [5.74, 6) is 0.183. The molecular formula is C18H21N3O5. The van der Waals surface area contributed by atoms with Crippen molar-refractivity contribution in [1.29, 1.82) is 0 Å². The van der Waals surface area contributed by atoms with Crippen LogP contribution in [0.3, 0.4) is 0 Å². The molecule has 3 N–H and O–H groups in total. The van der Waals surface area contributed by atoms with Crippen molar-refractivity contribution in [3.05, 3.63) is 35.0 Å². The number of amides is 3. The number of aromatic hydroxyl groups is 1. The van der Waals surface area contributed by atoms with Gasteiger partial charge < -0.3 is 30.1 Å². The van der Waals surface area contributed by atoms with Gasteiger partial charge in [-0.2, -0.15) is 0 Å². The molecule has 3 aliphatic heterocycles. The van der Waals surface area contributed by atoms with Gasteiger partial charge in [0.2, 0.25) is 0 Å². The number of nitrogens with zero attached hydrogens (tertiary/aromatic N) is 1. The number of ether oxygens (including phenoxy) is 2. The monoisotopic (exact) mass is 359 g/mol. The first-order chi connectivity index (χ1) is 12.6. The molecule has 1 aromatic rings. The molecule has 4 rings (SSSR count). The van der Waals surface area contributed by atoms with E-state index in [0.717, 1.165) is 19.4 Å². The zero-order chi connectivity index (χ0) is 18.3. The van der Waals surface area contributed by atoms with Crippen LogP contribution < -0.4 is 15.4 Å². The third-order valence-corrected chi connectivity index (χ3v) is 5.01. The average Bonchev–Trinajstić information content (AvgIpc) is 3.23. The first kappa shape index (κ1) is 16.7. The lowest BCUT2D eigenvalue weighted by Gasteiger charge is -2.26. The second kappa shape index (κ2) is 6.53. The second-order valence-electron chi connectivity index (χ2n) is 6.68. The highest BCUT2D eigenvalue weighted by Crippen LogP contribution is 2.36. The molecule has 8 heteroatoms. The number of carbonyl (C=O) groups is 2. The quantitative estimate of drug-likeness (QED) is 0.746. The number of hydrogen-bond acceptors (Lipinski definition) is 5. The van der Waals surface area contributed by atoms with Crippen molar-refractivity contribution in [2.45, 2.75) is 25.0 Å². The third kappa shape index (κ3) is 2.86. The van der Waals surface area contributed by atoms with Gasteiger partial charge in [-0.15, -0.1) is 0 Å². The Morgan fingerprint density at radius 3 is 2.96 bits per heavy atom. The lowest BCUT2D eigenvalue weighted by molar-refractivity contribution is -0.127. The molecule has 138 valence electrons. The third-order valence-electron chi connectivity index (χ3n) is 5.01. The molecule has 0 bridgehead atoms. The zero-order valence-corrected chi connectivity index (χ0v) is 14.4. The molecule has 0 spiro atoms. The summed E-state index contributed by atoms with van der Waals surface area (Å²) in [5, 5.41) is 15.3. The van der Waals surface area contributed by atoms with E-state index in [1.54, 1.807) is 17.0 Å². The maximum absolute atomic E-state index is 13.0. The van der Waals surface area contributed by atoms with Gasteiger partial charge in [-0.25, -0.2) is 4.79 Å². The average molecular weight is 359 g/mol. The molecular weight excluding hydrogens is 338 g/mol. The van der Waals surface area contributed by atoms with Crippen molar-refractivity contribution in [2.24, 2.45) is 0 Å². The Morgan fingerprint density at radius 1 is 1.38 bits per heavy atom. The van der Waals surface area contributed by atoms with Crippen molar-refractivity contribution in [2.75, 3.05) is 26.8 Å². The number of benzene rings is 1. The predicted molar refractivity (Wildman–Crippen MR) is 91.6 cm³/mol. The first-order valence-electron chi connectivity index (χ1n) is 8.65. The van der Waals surface area contributed by atoms with Gasteiger partial charge in [0, 0.05) is 13.2 Å². The molecule has 26 heavy (non-hydrogen) atoms. The summed E-state index contributed by atoms with van der Waals surface area (Å²) in [6, 6.07) is 3.86. The van der Waals surface area contributed by atoms with Crippen LogP contribution in [-0.2, 0) is 9.53 Å². The van der Waals surface area contributed by atoms with Crippen LogP contribution >= 0.6 is 0 Å². The number of rotatable bonds is 4. The van der Waals surface area contributed by atoms with E-state index in [-0.39, 0.29) is 23.8 Å².